The van der Waals surface area contributed by atoms with E-state index in [0.717, 1.165) is 58.9 Å². The molecule has 0 amide bonds. The number of imidazole rings is 1. The zero-order chi connectivity index (χ0) is 16.8. The van der Waals surface area contributed by atoms with Gasteiger partial charge in [-0.2, -0.15) is 0 Å². The van der Waals surface area contributed by atoms with Crippen LogP contribution in [0, 0.1) is 19.3 Å². The highest BCUT2D eigenvalue weighted by Crippen LogP contribution is 2.34. The van der Waals surface area contributed by atoms with Crippen molar-refractivity contribution < 1.29 is 4.74 Å². The number of ether oxygens (including phenoxy) is 1. The number of rotatable bonds is 2. The van der Waals surface area contributed by atoms with E-state index in [2.05, 4.69) is 42.7 Å². The average Bonchev–Trinajstić information content (AvgIpc) is 2.75. The quantitative estimate of drug-likeness (QED) is 0.708. The van der Waals surface area contributed by atoms with Crippen molar-refractivity contribution in [3.8, 4) is 17.1 Å². The SMILES string of the molecule is CC(=N)c1ccc(-c2nc3cc(C)cc4c3n2CCCO4)cc1C. The summed E-state index contributed by atoms with van der Waals surface area (Å²) < 4.78 is 8.22. The molecule has 2 aromatic carbocycles. The van der Waals surface area contributed by atoms with Gasteiger partial charge in [-0.1, -0.05) is 12.1 Å². The standard InChI is InChI=1S/C20H21N3O/c1-12-9-17-19-18(10-12)24-8-4-7-23(19)20(22-17)15-5-6-16(14(3)21)13(2)11-15/h5-6,9-11,21H,4,7-8H2,1-3H3. The molecule has 0 spiro atoms. The van der Waals surface area contributed by atoms with Crippen LogP contribution in [0.4, 0.5) is 0 Å². The maximum Gasteiger partial charge on any atom is 0.145 e. The van der Waals surface area contributed by atoms with Gasteiger partial charge in [0.1, 0.15) is 17.1 Å². The second-order valence-electron chi connectivity index (χ2n) is 6.57. The third-order valence-electron chi connectivity index (χ3n) is 4.62. The molecule has 122 valence electrons. The summed E-state index contributed by atoms with van der Waals surface area (Å²) in [5, 5.41) is 7.87. The van der Waals surface area contributed by atoms with Crippen LogP contribution in [-0.2, 0) is 6.54 Å². The van der Waals surface area contributed by atoms with Crippen LogP contribution >= 0.6 is 0 Å². The molecular weight excluding hydrogens is 298 g/mol. The molecule has 1 N–H and O–H groups in total. The minimum absolute atomic E-state index is 0.594. The third kappa shape index (κ3) is 2.30. The molecule has 1 aliphatic rings. The van der Waals surface area contributed by atoms with Crippen LogP contribution in [0.2, 0.25) is 0 Å². The highest BCUT2D eigenvalue weighted by molar-refractivity contribution is 5.98. The first-order chi connectivity index (χ1) is 11.5. The molecule has 0 bridgehead atoms. The van der Waals surface area contributed by atoms with E-state index in [4.69, 9.17) is 15.1 Å². The number of aryl methyl sites for hydroxylation is 3. The van der Waals surface area contributed by atoms with E-state index in [9.17, 15) is 0 Å². The van der Waals surface area contributed by atoms with Gasteiger partial charge in [0.15, 0.2) is 0 Å². The van der Waals surface area contributed by atoms with E-state index in [1.807, 2.05) is 13.0 Å². The number of aromatic nitrogens is 2. The lowest BCUT2D eigenvalue weighted by Gasteiger charge is -2.10. The molecule has 0 atom stereocenters. The topological polar surface area (TPSA) is 50.9 Å². The fraction of sp³-hybridized carbons (Fsp3) is 0.300. The lowest BCUT2D eigenvalue weighted by atomic mass is 10.0. The van der Waals surface area contributed by atoms with Crippen molar-refractivity contribution in [2.45, 2.75) is 33.7 Å². The number of nitrogens with one attached hydrogen (secondary N) is 1. The van der Waals surface area contributed by atoms with Crippen molar-refractivity contribution in [2.75, 3.05) is 6.61 Å². The molecule has 4 heteroatoms. The average molecular weight is 319 g/mol. The molecular formula is C20H21N3O. The number of hydrogen-bond acceptors (Lipinski definition) is 3. The van der Waals surface area contributed by atoms with Crippen LogP contribution in [0.3, 0.4) is 0 Å². The molecule has 3 aromatic rings. The Balaban J connectivity index is 1.95. The molecule has 4 rings (SSSR count). The molecule has 0 saturated carbocycles. The van der Waals surface area contributed by atoms with E-state index >= 15 is 0 Å². The van der Waals surface area contributed by atoms with Crippen molar-refractivity contribution in [1.82, 2.24) is 9.55 Å². The molecule has 0 unspecified atom stereocenters. The van der Waals surface area contributed by atoms with Gasteiger partial charge < -0.3 is 14.7 Å². The summed E-state index contributed by atoms with van der Waals surface area (Å²) in [6.07, 6.45) is 0.975. The van der Waals surface area contributed by atoms with Crippen molar-refractivity contribution in [3.05, 3.63) is 47.0 Å². The van der Waals surface area contributed by atoms with E-state index in [-0.39, 0.29) is 0 Å². The van der Waals surface area contributed by atoms with Gasteiger partial charge in [-0.15, -0.1) is 0 Å². The fourth-order valence-corrected chi connectivity index (χ4v) is 3.54. The van der Waals surface area contributed by atoms with Gasteiger partial charge in [0, 0.05) is 17.8 Å². The van der Waals surface area contributed by atoms with Crippen LogP contribution in [0.25, 0.3) is 22.4 Å². The van der Waals surface area contributed by atoms with Crippen molar-refractivity contribution >= 4 is 16.7 Å². The summed E-state index contributed by atoms with van der Waals surface area (Å²) >= 11 is 0. The molecule has 0 radical (unpaired) electrons. The van der Waals surface area contributed by atoms with Crippen LogP contribution in [0.15, 0.2) is 30.3 Å². The van der Waals surface area contributed by atoms with E-state index < -0.39 is 0 Å². The smallest absolute Gasteiger partial charge is 0.145 e. The fourth-order valence-electron chi connectivity index (χ4n) is 3.54. The minimum atomic E-state index is 0.594. The highest BCUT2D eigenvalue weighted by Gasteiger charge is 2.19. The Kier molecular flexibility index (Phi) is 3.41. The molecule has 4 nitrogen and oxygen atoms in total. The van der Waals surface area contributed by atoms with Gasteiger partial charge in [-0.3, -0.25) is 0 Å². The zero-order valence-electron chi connectivity index (χ0n) is 14.3. The van der Waals surface area contributed by atoms with Crippen molar-refractivity contribution in [3.63, 3.8) is 0 Å². The predicted octanol–water partition coefficient (Wildman–Crippen LogP) is 4.49. The van der Waals surface area contributed by atoms with Gasteiger partial charge in [-0.25, -0.2) is 4.98 Å². The largest absolute Gasteiger partial charge is 0.491 e. The summed E-state index contributed by atoms with van der Waals surface area (Å²) in [5.41, 5.74) is 7.05. The van der Waals surface area contributed by atoms with Crippen LogP contribution in [0.1, 0.15) is 30.0 Å². The predicted molar refractivity (Wildman–Crippen MR) is 97.3 cm³/mol. The maximum atomic E-state index is 7.87. The molecule has 0 aliphatic carbocycles. The summed E-state index contributed by atoms with van der Waals surface area (Å²) in [4.78, 5) is 4.90. The van der Waals surface area contributed by atoms with Gasteiger partial charge in [0.2, 0.25) is 0 Å². The van der Waals surface area contributed by atoms with Crippen molar-refractivity contribution in [2.24, 2.45) is 0 Å². The number of nitrogens with zero attached hydrogens (tertiary/aromatic N) is 2. The number of hydrogen-bond donors (Lipinski definition) is 1. The van der Waals surface area contributed by atoms with Gasteiger partial charge in [0.25, 0.3) is 0 Å². The molecule has 2 heterocycles. The zero-order valence-corrected chi connectivity index (χ0v) is 14.3. The third-order valence-corrected chi connectivity index (χ3v) is 4.62. The van der Waals surface area contributed by atoms with Crippen molar-refractivity contribution in [1.29, 1.82) is 5.41 Å². The highest BCUT2D eigenvalue weighted by atomic mass is 16.5. The Labute approximate surface area is 141 Å². The van der Waals surface area contributed by atoms with E-state index in [1.165, 1.54) is 5.56 Å². The van der Waals surface area contributed by atoms with Gasteiger partial charge in [0.05, 0.1) is 12.1 Å². The van der Waals surface area contributed by atoms with Gasteiger partial charge in [-0.05, 0) is 62.1 Å². The maximum absolute atomic E-state index is 7.87. The Bertz CT molecular complexity index is 969. The molecule has 24 heavy (non-hydrogen) atoms. The second kappa shape index (κ2) is 5.48. The van der Waals surface area contributed by atoms with Crippen LogP contribution in [0.5, 0.6) is 5.75 Å². The molecule has 0 saturated heterocycles. The van der Waals surface area contributed by atoms with E-state index in [0.29, 0.717) is 5.71 Å². The molecule has 1 aliphatic heterocycles. The molecule has 0 fully saturated rings. The second-order valence-corrected chi connectivity index (χ2v) is 6.57. The number of benzene rings is 2. The summed E-state index contributed by atoms with van der Waals surface area (Å²) in [7, 11) is 0. The lowest BCUT2D eigenvalue weighted by molar-refractivity contribution is 0.315. The summed E-state index contributed by atoms with van der Waals surface area (Å²) in [6, 6.07) is 10.5. The van der Waals surface area contributed by atoms with Crippen LogP contribution < -0.4 is 4.74 Å². The normalized spacial score (nSPS) is 13.6. The van der Waals surface area contributed by atoms with Crippen LogP contribution in [-0.4, -0.2) is 21.9 Å². The Hall–Kier alpha value is -2.62. The Morgan fingerprint density at radius 2 is 2.04 bits per heavy atom. The first kappa shape index (κ1) is 14.9. The summed E-state index contributed by atoms with van der Waals surface area (Å²) in [5.74, 6) is 1.92. The Morgan fingerprint density at radius 3 is 2.79 bits per heavy atom. The first-order valence-corrected chi connectivity index (χ1v) is 8.35. The summed E-state index contributed by atoms with van der Waals surface area (Å²) in [6.45, 7) is 7.61. The first-order valence-electron chi connectivity index (χ1n) is 8.35. The minimum Gasteiger partial charge on any atom is -0.491 e. The molecule has 1 aromatic heterocycles. The monoisotopic (exact) mass is 319 g/mol. The Morgan fingerprint density at radius 1 is 1.21 bits per heavy atom. The van der Waals surface area contributed by atoms with E-state index in [1.54, 1.807) is 0 Å². The lowest BCUT2D eigenvalue weighted by Crippen LogP contribution is -2.02. The van der Waals surface area contributed by atoms with Gasteiger partial charge >= 0.3 is 0 Å².